The molecule has 160 valence electrons. The number of fused-ring (bicyclic) bond motifs is 1. The summed E-state index contributed by atoms with van der Waals surface area (Å²) >= 11 is 0. The Balaban J connectivity index is 1.25. The average molecular weight is 426 g/mol. The van der Waals surface area contributed by atoms with Crippen LogP contribution in [0.1, 0.15) is 34.9 Å². The maximum atomic E-state index is 13.4. The standard InChI is InChI=1S/C22H20F2N4O3/c23-15-11-17-18(12-16(15)24)26-19(25-17)13-1-3-14(4-2-13)20(29)27-7-9-28(10-8-27)21(30)22(31)5-6-22/h1-4,11-12,19,31H,5-10H2. The van der Waals surface area contributed by atoms with Gasteiger partial charge in [-0.2, -0.15) is 0 Å². The highest BCUT2D eigenvalue weighted by Gasteiger charge is 2.50. The highest BCUT2D eigenvalue weighted by molar-refractivity contribution is 5.94. The number of aliphatic hydroxyl groups is 1. The lowest BCUT2D eigenvalue weighted by Gasteiger charge is -2.35. The largest absolute Gasteiger partial charge is 0.380 e. The van der Waals surface area contributed by atoms with Gasteiger partial charge in [0.05, 0.1) is 10.7 Å². The normalized spacial score (nSPS) is 19.5. The SMILES string of the molecule is O=C(c1ccc(C2N=c3cc(F)c(F)cc3=N2)cc1)N1CCN(C(=O)C2(O)CC2)CC1. The van der Waals surface area contributed by atoms with Gasteiger partial charge >= 0.3 is 0 Å². The van der Waals surface area contributed by atoms with Crippen LogP contribution in [-0.2, 0) is 4.79 Å². The molecular formula is C22H20F2N4O3. The minimum absolute atomic E-state index is 0.142. The van der Waals surface area contributed by atoms with Crippen LogP contribution >= 0.6 is 0 Å². The molecule has 1 aliphatic carbocycles. The predicted molar refractivity (Wildman–Crippen MR) is 105 cm³/mol. The highest BCUT2D eigenvalue weighted by atomic mass is 19.2. The quantitative estimate of drug-likeness (QED) is 0.785. The summed E-state index contributed by atoms with van der Waals surface area (Å²) < 4.78 is 26.8. The Kier molecular flexibility index (Phi) is 4.58. The van der Waals surface area contributed by atoms with E-state index in [0.717, 1.165) is 12.1 Å². The lowest BCUT2D eigenvalue weighted by Crippen LogP contribution is -2.53. The predicted octanol–water partition coefficient (Wildman–Crippen LogP) is 0.726. The van der Waals surface area contributed by atoms with E-state index in [0.29, 0.717) is 60.9 Å². The van der Waals surface area contributed by atoms with E-state index in [9.17, 15) is 23.5 Å². The van der Waals surface area contributed by atoms with Crippen molar-refractivity contribution < 1.29 is 23.5 Å². The van der Waals surface area contributed by atoms with Crippen LogP contribution in [0.3, 0.4) is 0 Å². The summed E-state index contributed by atoms with van der Waals surface area (Å²) in [5, 5.41) is 10.6. The fourth-order valence-electron chi connectivity index (χ4n) is 3.89. The number of benzene rings is 2. The highest BCUT2D eigenvalue weighted by Crippen LogP contribution is 2.37. The van der Waals surface area contributed by atoms with Crippen molar-refractivity contribution in [3.05, 3.63) is 69.9 Å². The van der Waals surface area contributed by atoms with Crippen molar-refractivity contribution in [1.82, 2.24) is 9.80 Å². The number of piperazine rings is 1. The molecule has 1 saturated heterocycles. The minimum atomic E-state index is -1.18. The minimum Gasteiger partial charge on any atom is -0.380 e. The van der Waals surface area contributed by atoms with E-state index in [1.54, 1.807) is 34.1 Å². The van der Waals surface area contributed by atoms with Crippen molar-refractivity contribution in [2.45, 2.75) is 24.6 Å². The van der Waals surface area contributed by atoms with Gasteiger partial charge in [-0.15, -0.1) is 0 Å². The Hall–Kier alpha value is -3.20. The van der Waals surface area contributed by atoms with Crippen LogP contribution < -0.4 is 10.7 Å². The molecule has 2 fully saturated rings. The lowest BCUT2D eigenvalue weighted by atomic mass is 10.1. The van der Waals surface area contributed by atoms with Crippen LogP contribution in [0.5, 0.6) is 0 Å². The molecule has 31 heavy (non-hydrogen) atoms. The summed E-state index contributed by atoms with van der Waals surface area (Å²) in [6.45, 7) is 1.61. The molecular weight excluding hydrogens is 406 g/mol. The molecule has 0 bridgehead atoms. The molecule has 2 aliphatic heterocycles. The average Bonchev–Trinajstić information content (AvgIpc) is 3.41. The Morgan fingerprint density at radius 3 is 1.94 bits per heavy atom. The number of carbonyl (C=O) groups excluding carboxylic acids is 2. The van der Waals surface area contributed by atoms with Gasteiger partial charge in [-0.25, -0.2) is 8.78 Å². The van der Waals surface area contributed by atoms with E-state index in [2.05, 4.69) is 9.98 Å². The molecule has 2 amide bonds. The van der Waals surface area contributed by atoms with Crippen molar-refractivity contribution in [1.29, 1.82) is 0 Å². The van der Waals surface area contributed by atoms with Crippen LogP contribution in [-0.4, -0.2) is 58.5 Å². The van der Waals surface area contributed by atoms with Gasteiger partial charge < -0.3 is 14.9 Å². The van der Waals surface area contributed by atoms with E-state index in [4.69, 9.17) is 0 Å². The van der Waals surface area contributed by atoms with Gasteiger partial charge in [-0.1, -0.05) is 12.1 Å². The summed E-state index contributed by atoms with van der Waals surface area (Å²) in [4.78, 5) is 37.0. The van der Waals surface area contributed by atoms with E-state index in [-0.39, 0.29) is 11.8 Å². The smallest absolute Gasteiger partial charge is 0.254 e. The molecule has 0 aromatic heterocycles. The number of nitrogens with zero attached hydrogens (tertiary/aromatic N) is 4. The first kappa shape index (κ1) is 19.7. The fraction of sp³-hybridized carbons (Fsp3) is 0.364. The lowest BCUT2D eigenvalue weighted by molar-refractivity contribution is -0.143. The van der Waals surface area contributed by atoms with Crippen molar-refractivity contribution in [3.8, 4) is 0 Å². The van der Waals surface area contributed by atoms with Crippen LogP contribution in [0.4, 0.5) is 8.78 Å². The van der Waals surface area contributed by atoms with Gasteiger partial charge in [-0.05, 0) is 30.5 Å². The molecule has 7 nitrogen and oxygen atoms in total. The van der Waals surface area contributed by atoms with Gasteiger partial charge in [0.25, 0.3) is 11.8 Å². The monoisotopic (exact) mass is 426 g/mol. The zero-order valence-corrected chi connectivity index (χ0v) is 16.6. The molecule has 0 radical (unpaired) electrons. The molecule has 2 aromatic rings. The number of carbonyl (C=O) groups is 2. The van der Waals surface area contributed by atoms with Gasteiger partial charge in [0.1, 0.15) is 5.60 Å². The summed E-state index contributed by atoms with van der Waals surface area (Å²) in [5.74, 6) is -2.31. The third-order valence-corrected chi connectivity index (χ3v) is 5.97. The number of hydrogen-bond donors (Lipinski definition) is 1. The summed E-state index contributed by atoms with van der Waals surface area (Å²) in [6, 6.07) is 8.86. The zero-order chi connectivity index (χ0) is 21.8. The van der Waals surface area contributed by atoms with Crippen molar-refractivity contribution >= 4 is 11.8 Å². The van der Waals surface area contributed by atoms with Crippen LogP contribution in [0, 0.1) is 11.6 Å². The number of rotatable bonds is 3. The summed E-state index contributed by atoms with van der Waals surface area (Å²) in [6.07, 6.45) is 0.403. The molecule has 0 atom stereocenters. The van der Waals surface area contributed by atoms with Crippen molar-refractivity contribution in [2.24, 2.45) is 9.98 Å². The van der Waals surface area contributed by atoms with E-state index in [1.165, 1.54) is 0 Å². The van der Waals surface area contributed by atoms with Gasteiger partial charge in [0, 0.05) is 43.9 Å². The van der Waals surface area contributed by atoms with Crippen molar-refractivity contribution in [3.63, 3.8) is 0 Å². The second-order valence-corrected chi connectivity index (χ2v) is 8.12. The molecule has 9 heteroatoms. The summed E-state index contributed by atoms with van der Waals surface area (Å²) in [5.41, 5.74) is 0.0221. The zero-order valence-electron chi connectivity index (χ0n) is 16.6. The number of amides is 2. The van der Waals surface area contributed by atoms with Gasteiger partial charge in [0.15, 0.2) is 17.8 Å². The van der Waals surface area contributed by atoms with E-state index in [1.807, 2.05) is 0 Å². The third kappa shape index (κ3) is 3.59. The third-order valence-electron chi connectivity index (χ3n) is 5.97. The number of halogens is 2. The first-order valence-corrected chi connectivity index (χ1v) is 10.2. The molecule has 2 heterocycles. The molecule has 0 unspecified atom stereocenters. The first-order valence-electron chi connectivity index (χ1n) is 10.2. The second-order valence-electron chi connectivity index (χ2n) is 8.12. The molecule has 0 spiro atoms. The summed E-state index contributed by atoms with van der Waals surface area (Å²) in [7, 11) is 0. The van der Waals surface area contributed by atoms with E-state index < -0.39 is 23.4 Å². The number of hydrogen-bond acceptors (Lipinski definition) is 5. The molecule has 2 aromatic carbocycles. The molecule has 3 aliphatic rings. The van der Waals surface area contributed by atoms with Crippen LogP contribution in [0.25, 0.3) is 0 Å². The Bertz CT molecular complexity index is 1150. The Labute approximate surface area is 176 Å². The van der Waals surface area contributed by atoms with Crippen LogP contribution in [0.15, 0.2) is 46.4 Å². The maximum absolute atomic E-state index is 13.4. The van der Waals surface area contributed by atoms with Crippen LogP contribution in [0.2, 0.25) is 0 Å². The molecule has 1 N–H and O–H groups in total. The van der Waals surface area contributed by atoms with E-state index >= 15 is 0 Å². The van der Waals surface area contributed by atoms with Gasteiger partial charge in [0.2, 0.25) is 0 Å². The topological polar surface area (TPSA) is 85.6 Å². The fourth-order valence-corrected chi connectivity index (χ4v) is 3.89. The molecule has 5 rings (SSSR count). The second kappa shape index (κ2) is 7.19. The Morgan fingerprint density at radius 2 is 1.42 bits per heavy atom. The van der Waals surface area contributed by atoms with Crippen molar-refractivity contribution in [2.75, 3.05) is 26.2 Å². The molecule has 1 saturated carbocycles. The maximum Gasteiger partial charge on any atom is 0.254 e. The Morgan fingerprint density at radius 1 is 0.903 bits per heavy atom. The van der Waals surface area contributed by atoms with Gasteiger partial charge in [-0.3, -0.25) is 19.6 Å². The first-order chi connectivity index (χ1) is 14.8.